The van der Waals surface area contributed by atoms with Gasteiger partial charge in [0.15, 0.2) is 19.1 Å². The fourth-order valence-electron chi connectivity index (χ4n) is 1.29. The summed E-state index contributed by atoms with van der Waals surface area (Å²) in [5, 5.41) is 2.54. The number of esters is 1. The second-order valence-corrected chi connectivity index (χ2v) is 4.80. The van der Waals surface area contributed by atoms with Crippen LogP contribution in [0.1, 0.15) is 23.2 Å². The predicted octanol–water partition coefficient (Wildman–Crippen LogP) is 0.957. The summed E-state index contributed by atoms with van der Waals surface area (Å²) in [6, 6.07) is 3.48. The topological polar surface area (TPSA) is 59.3 Å². The monoisotopic (exact) mass is 363 g/mol. The largest absolute Gasteiger partial charge is 0.444 e. The van der Waals surface area contributed by atoms with E-state index in [0.717, 1.165) is 10.8 Å². The van der Waals surface area contributed by atoms with Gasteiger partial charge in [-0.15, -0.1) is 0 Å². The van der Waals surface area contributed by atoms with Gasteiger partial charge >= 0.3 is 5.97 Å². The van der Waals surface area contributed by atoms with Gasteiger partial charge in [0.05, 0.1) is 0 Å². The van der Waals surface area contributed by atoms with E-state index in [1.165, 1.54) is 0 Å². The second kappa shape index (κ2) is 8.02. The van der Waals surface area contributed by atoms with Gasteiger partial charge in [-0.2, -0.15) is 0 Å². The Labute approximate surface area is 120 Å². The molecule has 0 fully saturated rings. The molecule has 0 spiro atoms. The molecule has 1 heterocycles. The van der Waals surface area contributed by atoms with Crippen molar-refractivity contribution in [1.29, 1.82) is 0 Å². The van der Waals surface area contributed by atoms with Gasteiger partial charge in [0.1, 0.15) is 12.6 Å². The Hall–Kier alpha value is -1.18. The minimum absolute atomic E-state index is 0.0858. The van der Waals surface area contributed by atoms with Crippen LogP contribution in [0.4, 0.5) is 0 Å². The summed E-state index contributed by atoms with van der Waals surface area (Å²) in [7, 11) is 1.83. The Morgan fingerprint density at radius 2 is 2.28 bits per heavy atom. The third-order valence-corrected chi connectivity index (χ3v) is 2.95. The maximum Gasteiger partial charge on any atom is 0.307 e. The number of hydrogen-bond acceptors (Lipinski definition) is 3. The number of nitrogens with one attached hydrogen (secondary N) is 1. The molecular formula is C12H16IN2O3+. The summed E-state index contributed by atoms with van der Waals surface area (Å²) >= 11 is 2.20. The van der Waals surface area contributed by atoms with Crippen LogP contribution in [0.25, 0.3) is 0 Å². The van der Waals surface area contributed by atoms with Gasteiger partial charge in [0.2, 0.25) is 0 Å². The molecule has 1 aromatic heterocycles. The van der Waals surface area contributed by atoms with Gasteiger partial charge in [-0.1, -0.05) is 22.6 Å². The molecule has 0 radical (unpaired) electrons. The number of nitrogens with zero attached hydrogens (tertiary/aromatic N) is 1. The molecule has 1 N–H and O–H groups in total. The van der Waals surface area contributed by atoms with Gasteiger partial charge < -0.3 is 10.1 Å². The van der Waals surface area contributed by atoms with Crippen LogP contribution in [0.3, 0.4) is 0 Å². The number of aromatic nitrogens is 1. The smallest absolute Gasteiger partial charge is 0.307 e. The SMILES string of the molecule is C[n+]1cccc(C(=O)NCOC(=O)CCCI)c1. The molecule has 1 amide bonds. The normalized spacial score (nSPS) is 9.89. The minimum atomic E-state index is -0.286. The molecule has 0 saturated carbocycles. The fraction of sp³-hybridized carbons (Fsp3) is 0.417. The molecule has 1 rings (SSSR count). The van der Waals surface area contributed by atoms with Crippen LogP contribution in [0.5, 0.6) is 0 Å². The first-order chi connectivity index (χ1) is 8.63. The van der Waals surface area contributed by atoms with Crippen LogP contribution in [0.2, 0.25) is 0 Å². The first-order valence-electron chi connectivity index (χ1n) is 5.58. The minimum Gasteiger partial charge on any atom is -0.444 e. The van der Waals surface area contributed by atoms with E-state index in [-0.39, 0.29) is 18.6 Å². The maximum atomic E-state index is 11.7. The zero-order chi connectivity index (χ0) is 13.4. The number of rotatable bonds is 6. The van der Waals surface area contributed by atoms with Crippen molar-refractivity contribution < 1.29 is 18.9 Å². The summed E-state index contributed by atoms with van der Waals surface area (Å²) in [6.07, 6.45) is 4.72. The van der Waals surface area contributed by atoms with Crippen LogP contribution >= 0.6 is 22.6 Å². The van der Waals surface area contributed by atoms with Crippen molar-refractivity contribution in [3.8, 4) is 0 Å². The summed E-state index contributed by atoms with van der Waals surface area (Å²) in [6.45, 7) is -0.0858. The molecule has 0 saturated heterocycles. The third-order valence-electron chi connectivity index (χ3n) is 2.18. The molecule has 0 aliphatic carbocycles. The Bertz CT molecular complexity index is 424. The van der Waals surface area contributed by atoms with Crippen molar-refractivity contribution in [3.63, 3.8) is 0 Å². The van der Waals surface area contributed by atoms with Crippen molar-refractivity contribution in [3.05, 3.63) is 30.1 Å². The lowest BCUT2D eigenvalue weighted by Crippen LogP contribution is -2.32. The zero-order valence-electron chi connectivity index (χ0n) is 10.2. The van der Waals surface area contributed by atoms with Crippen LogP contribution in [-0.2, 0) is 16.6 Å². The Morgan fingerprint density at radius 1 is 1.50 bits per heavy atom. The highest BCUT2D eigenvalue weighted by atomic mass is 127. The number of amides is 1. The lowest BCUT2D eigenvalue weighted by molar-refractivity contribution is -0.671. The van der Waals surface area contributed by atoms with Crippen molar-refractivity contribution >= 4 is 34.5 Å². The fourth-order valence-corrected chi connectivity index (χ4v) is 1.67. The first kappa shape index (κ1) is 14.9. The Kier molecular flexibility index (Phi) is 6.63. The third kappa shape index (κ3) is 5.44. The molecule has 0 bridgehead atoms. The molecule has 5 nitrogen and oxygen atoms in total. The maximum absolute atomic E-state index is 11.7. The number of pyridine rings is 1. The Balaban J connectivity index is 2.31. The highest BCUT2D eigenvalue weighted by molar-refractivity contribution is 14.1. The quantitative estimate of drug-likeness (QED) is 0.269. The summed E-state index contributed by atoms with van der Waals surface area (Å²) < 4.78 is 7.58. The van der Waals surface area contributed by atoms with E-state index in [0.29, 0.717) is 12.0 Å². The summed E-state index contributed by atoms with van der Waals surface area (Å²) in [5.74, 6) is -0.543. The average Bonchev–Trinajstić information content (AvgIpc) is 2.36. The van der Waals surface area contributed by atoms with Crippen molar-refractivity contribution in [2.45, 2.75) is 12.8 Å². The molecule has 98 valence electrons. The van der Waals surface area contributed by atoms with E-state index in [2.05, 4.69) is 27.9 Å². The number of ether oxygens (including phenoxy) is 1. The van der Waals surface area contributed by atoms with E-state index >= 15 is 0 Å². The zero-order valence-corrected chi connectivity index (χ0v) is 12.3. The van der Waals surface area contributed by atoms with E-state index in [1.54, 1.807) is 22.9 Å². The van der Waals surface area contributed by atoms with Gasteiger partial charge in [0.25, 0.3) is 5.91 Å². The van der Waals surface area contributed by atoms with Crippen LogP contribution in [0, 0.1) is 0 Å². The average molecular weight is 363 g/mol. The van der Waals surface area contributed by atoms with E-state index in [9.17, 15) is 9.59 Å². The van der Waals surface area contributed by atoms with E-state index < -0.39 is 0 Å². The van der Waals surface area contributed by atoms with Crippen molar-refractivity contribution in [2.24, 2.45) is 7.05 Å². The second-order valence-electron chi connectivity index (χ2n) is 3.72. The number of carbonyl (C=O) groups excluding carboxylic acids is 2. The highest BCUT2D eigenvalue weighted by Crippen LogP contribution is 1.97. The van der Waals surface area contributed by atoms with E-state index in [1.807, 2.05) is 13.2 Å². The standard InChI is InChI=1S/C12H15IN2O3/c1-15-7-3-4-10(8-15)12(17)14-9-18-11(16)5-2-6-13/h3-4,7-8H,2,5-6,9H2,1H3/p+1. The van der Waals surface area contributed by atoms with Crippen molar-refractivity contribution in [2.75, 3.05) is 11.2 Å². The van der Waals surface area contributed by atoms with Crippen LogP contribution < -0.4 is 9.88 Å². The van der Waals surface area contributed by atoms with Crippen molar-refractivity contribution in [1.82, 2.24) is 5.32 Å². The lowest BCUT2D eigenvalue weighted by Gasteiger charge is -2.05. The Morgan fingerprint density at radius 3 is 2.94 bits per heavy atom. The summed E-state index contributed by atoms with van der Waals surface area (Å²) in [5.41, 5.74) is 0.531. The van der Waals surface area contributed by atoms with Crippen LogP contribution in [0.15, 0.2) is 24.5 Å². The number of alkyl halides is 1. The number of carbonyl (C=O) groups is 2. The predicted molar refractivity (Wildman–Crippen MR) is 74.2 cm³/mol. The molecular weight excluding hydrogens is 347 g/mol. The number of hydrogen-bond donors (Lipinski definition) is 1. The number of halogens is 1. The van der Waals surface area contributed by atoms with E-state index in [4.69, 9.17) is 4.74 Å². The van der Waals surface area contributed by atoms with Gasteiger partial charge in [-0.3, -0.25) is 9.59 Å². The molecule has 0 aromatic carbocycles. The van der Waals surface area contributed by atoms with Gasteiger partial charge in [-0.05, 0) is 12.5 Å². The molecule has 0 aliphatic rings. The molecule has 0 atom stereocenters. The number of aryl methyl sites for hydroxylation is 1. The molecule has 1 aromatic rings. The first-order valence-corrected chi connectivity index (χ1v) is 7.11. The lowest BCUT2D eigenvalue weighted by atomic mass is 10.3. The molecule has 18 heavy (non-hydrogen) atoms. The molecule has 0 unspecified atom stereocenters. The summed E-state index contributed by atoms with van der Waals surface area (Å²) in [4.78, 5) is 22.9. The van der Waals surface area contributed by atoms with Gasteiger partial charge in [0, 0.05) is 16.9 Å². The van der Waals surface area contributed by atoms with Gasteiger partial charge in [-0.25, -0.2) is 4.57 Å². The highest BCUT2D eigenvalue weighted by Gasteiger charge is 2.09. The molecule has 6 heteroatoms. The molecule has 0 aliphatic heterocycles. The van der Waals surface area contributed by atoms with Crippen LogP contribution in [-0.4, -0.2) is 23.0 Å².